The molecular formula is C19H29N7O2S. The van der Waals surface area contributed by atoms with E-state index in [9.17, 15) is 8.42 Å². The van der Waals surface area contributed by atoms with E-state index >= 15 is 0 Å². The maximum absolute atomic E-state index is 13.1. The van der Waals surface area contributed by atoms with Gasteiger partial charge in [0.2, 0.25) is 16.0 Å². The molecule has 0 amide bonds. The van der Waals surface area contributed by atoms with Crippen LogP contribution in [0.2, 0.25) is 0 Å². The summed E-state index contributed by atoms with van der Waals surface area (Å²) in [6.45, 7) is 9.51. The lowest BCUT2D eigenvalue weighted by atomic mass is 10.1. The van der Waals surface area contributed by atoms with Crippen LogP contribution in [0.1, 0.15) is 36.3 Å². The summed E-state index contributed by atoms with van der Waals surface area (Å²) >= 11 is 0. The van der Waals surface area contributed by atoms with Gasteiger partial charge in [-0.3, -0.25) is 5.10 Å². The van der Waals surface area contributed by atoms with Gasteiger partial charge in [-0.1, -0.05) is 0 Å². The van der Waals surface area contributed by atoms with Gasteiger partial charge in [0, 0.05) is 51.0 Å². The van der Waals surface area contributed by atoms with Crippen LogP contribution < -0.4 is 9.80 Å². The van der Waals surface area contributed by atoms with E-state index in [2.05, 4.69) is 25.0 Å². The predicted molar refractivity (Wildman–Crippen MR) is 112 cm³/mol. The number of piperazine rings is 1. The van der Waals surface area contributed by atoms with Crippen molar-refractivity contribution >= 4 is 21.8 Å². The van der Waals surface area contributed by atoms with Crippen molar-refractivity contribution < 1.29 is 8.42 Å². The van der Waals surface area contributed by atoms with Gasteiger partial charge in [0.1, 0.15) is 10.7 Å². The van der Waals surface area contributed by atoms with E-state index in [0.29, 0.717) is 42.5 Å². The first kappa shape index (κ1) is 20.1. The molecule has 0 spiro atoms. The molecule has 4 rings (SSSR count). The van der Waals surface area contributed by atoms with Crippen LogP contribution in [0.15, 0.2) is 11.0 Å². The second-order valence-electron chi connectivity index (χ2n) is 7.87. The maximum Gasteiger partial charge on any atom is 0.246 e. The minimum Gasteiger partial charge on any atom is -0.354 e. The van der Waals surface area contributed by atoms with Crippen LogP contribution >= 0.6 is 0 Å². The highest BCUT2D eigenvalue weighted by Gasteiger charge is 2.32. The average molecular weight is 420 g/mol. The highest BCUT2D eigenvalue weighted by Crippen LogP contribution is 2.25. The fourth-order valence-corrected chi connectivity index (χ4v) is 5.90. The molecule has 2 aromatic heterocycles. The quantitative estimate of drug-likeness (QED) is 0.804. The van der Waals surface area contributed by atoms with E-state index in [1.165, 1.54) is 19.3 Å². The lowest BCUT2D eigenvalue weighted by molar-refractivity contribution is 0.383. The number of rotatable bonds is 4. The number of nitrogens with one attached hydrogen (secondary N) is 1. The van der Waals surface area contributed by atoms with Crippen LogP contribution in [0.3, 0.4) is 0 Å². The van der Waals surface area contributed by atoms with Crippen LogP contribution in [-0.4, -0.2) is 72.2 Å². The highest BCUT2D eigenvalue weighted by molar-refractivity contribution is 7.89. The van der Waals surface area contributed by atoms with Gasteiger partial charge in [-0.25, -0.2) is 13.4 Å². The Labute approximate surface area is 172 Å². The summed E-state index contributed by atoms with van der Waals surface area (Å²) < 4.78 is 27.7. The fourth-order valence-electron chi connectivity index (χ4n) is 4.14. The molecule has 2 fully saturated rings. The lowest BCUT2D eigenvalue weighted by Crippen LogP contribution is -2.49. The van der Waals surface area contributed by atoms with E-state index in [1.54, 1.807) is 18.2 Å². The molecule has 0 atom stereocenters. The number of hydrogen-bond acceptors (Lipinski definition) is 7. The monoisotopic (exact) mass is 419 g/mol. The van der Waals surface area contributed by atoms with Crippen molar-refractivity contribution in [2.45, 2.75) is 44.9 Å². The third-order valence-corrected chi connectivity index (χ3v) is 7.85. The zero-order valence-corrected chi connectivity index (χ0v) is 18.2. The number of aromatic amines is 1. The Hall–Kier alpha value is -2.20. The zero-order chi connectivity index (χ0) is 20.6. The number of piperidine rings is 1. The van der Waals surface area contributed by atoms with Crippen LogP contribution in [0.25, 0.3) is 0 Å². The molecule has 0 bridgehead atoms. The number of hydrogen-bond donors (Lipinski definition) is 1. The summed E-state index contributed by atoms with van der Waals surface area (Å²) in [5, 5.41) is 6.81. The molecule has 2 aromatic rings. The van der Waals surface area contributed by atoms with Gasteiger partial charge in [-0.05, 0) is 40.0 Å². The van der Waals surface area contributed by atoms with Gasteiger partial charge >= 0.3 is 0 Å². The first-order valence-corrected chi connectivity index (χ1v) is 11.7. The molecular weight excluding hydrogens is 390 g/mol. The molecule has 0 aromatic carbocycles. The number of anilines is 2. The second-order valence-corrected chi connectivity index (χ2v) is 9.74. The number of aryl methyl sites for hydroxylation is 3. The standard InChI is InChI=1S/C19H29N7O2S/c1-14-13-17(21-19(20-14)25-7-5-4-6-8-25)24-9-11-26(12-10-24)29(27,28)18-15(2)22-23-16(18)3/h13H,4-12H2,1-3H3,(H,22,23). The summed E-state index contributed by atoms with van der Waals surface area (Å²) in [4.78, 5) is 14.1. The Morgan fingerprint density at radius 3 is 2.21 bits per heavy atom. The number of nitrogens with zero attached hydrogens (tertiary/aromatic N) is 6. The second kappa shape index (κ2) is 7.91. The first-order chi connectivity index (χ1) is 13.9. The van der Waals surface area contributed by atoms with Crippen molar-refractivity contribution in [3.63, 3.8) is 0 Å². The van der Waals surface area contributed by atoms with E-state index in [0.717, 1.165) is 30.5 Å². The highest BCUT2D eigenvalue weighted by atomic mass is 32.2. The topological polar surface area (TPSA) is 98.3 Å². The van der Waals surface area contributed by atoms with Gasteiger partial charge < -0.3 is 9.80 Å². The summed E-state index contributed by atoms with van der Waals surface area (Å²) in [6.07, 6.45) is 3.62. The molecule has 1 N–H and O–H groups in total. The van der Waals surface area contributed by atoms with Gasteiger partial charge in [0.25, 0.3) is 0 Å². The Morgan fingerprint density at radius 2 is 1.59 bits per heavy atom. The average Bonchev–Trinajstić information content (AvgIpc) is 3.07. The number of H-pyrrole nitrogens is 1. The SMILES string of the molecule is Cc1cc(N2CCN(S(=O)(=O)c3c(C)n[nH]c3C)CC2)nc(N2CCCCC2)n1. The Bertz CT molecular complexity index is 955. The normalized spacial score (nSPS) is 19.0. The third kappa shape index (κ3) is 3.95. The van der Waals surface area contributed by atoms with Crippen molar-refractivity contribution in [2.24, 2.45) is 0 Å². The molecule has 0 radical (unpaired) electrons. The number of sulfonamides is 1. The summed E-state index contributed by atoms with van der Waals surface area (Å²) in [6, 6.07) is 1.99. The van der Waals surface area contributed by atoms with Gasteiger partial charge in [-0.2, -0.15) is 14.4 Å². The molecule has 2 saturated heterocycles. The molecule has 0 aliphatic carbocycles. The molecule has 0 saturated carbocycles. The van der Waals surface area contributed by atoms with Gasteiger partial charge in [-0.15, -0.1) is 0 Å². The molecule has 29 heavy (non-hydrogen) atoms. The third-order valence-electron chi connectivity index (χ3n) is 5.69. The van der Waals surface area contributed by atoms with E-state index in [1.807, 2.05) is 13.0 Å². The van der Waals surface area contributed by atoms with E-state index < -0.39 is 10.0 Å². The zero-order valence-electron chi connectivity index (χ0n) is 17.3. The van der Waals surface area contributed by atoms with Crippen molar-refractivity contribution in [3.8, 4) is 0 Å². The Balaban J connectivity index is 1.49. The van der Waals surface area contributed by atoms with Crippen molar-refractivity contribution in [3.05, 3.63) is 23.1 Å². The summed E-state index contributed by atoms with van der Waals surface area (Å²) in [5.41, 5.74) is 2.04. The summed E-state index contributed by atoms with van der Waals surface area (Å²) in [5.74, 6) is 1.67. The molecule has 4 heterocycles. The van der Waals surface area contributed by atoms with Crippen molar-refractivity contribution in [2.75, 3.05) is 49.1 Å². The molecule has 2 aliphatic rings. The van der Waals surface area contributed by atoms with Crippen LogP contribution in [-0.2, 0) is 10.0 Å². The predicted octanol–water partition coefficient (Wildman–Crippen LogP) is 1.63. The van der Waals surface area contributed by atoms with Crippen LogP contribution in [0.5, 0.6) is 0 Å². The fraction of sp³-hybridized carbons (Fsp3) is 0.632. The molecule has 9 nitrogen and oxygen atoms in total. The first-order valence-electron chi connectivity index (χ1n) is 10.2. The maximum atomic E-state index is 13.1. The minimum absolute atomic E-state index is 0.302. The van der Waals surface area contributed by atoms with Crippen LogP contribution in [0, 0.1) is 20.8 Å². The molecule has 10 heteroatoms. The summed E-state index contributed by atoms with van der Waals surface area (Å²) in [7, 11) is -3.55. The minimum atomic E-state index is -3.55. The largest absolute Gasteiger partial charge is 0.354 e. The number of aromatic nitrogens is 4. The van der Waals surface area contributed by atoms with Gasteiger partial charge in [0.15, 0.2) is 0 Å². The smallest absolute Gasteiger partial charge is 0.246 e. The molecule has 158 valence electrons. The Morgan fingerprint density at radius 1 is 0.897 bits per heavy atom. The van der Waals surface area contributed by atoms with Crippen LogP contribution in [0.4, 0.5) is 11.8 Å². The lowest BCUT2D eigenvalue weighted by Gasteiger charge is -2.35. The molecule has 0 unspecified atom stereocenters. The van der Waals surface area contributed by atoms with E-state index in [-0.39, 0.29) is 0 Å². The molecule has 2 aliphatic heterocycles. The Kier molecular flexibility index (Phi) is 5.48. The van der Waals surface area contributed by atoms with Gasteiger partial charge in [0.05, 0.1) is 11.4 Å². The van der Waals surface area contributed by atoms with Crippen molar-refractivity contribution in [1.82, 2.24) is 24.5 Å². The van der Waals surface area contributed by atoms with E-state index in [4.69, 9.17) is 4.98 Å². The van der Waals surface area contributed by atoms with Crippen molar-refractivity contribution in [1.29, 1.82) is 0 Å².